The average Bonchev–Trinajstić information content (AvgIpc) is 2.05. The quantitative estimate of drug-likeness (QED) is 0.526. The molecule has 0 spiro atoms. The van der Waals surface area contributed by atoms with Crippen LogP contribution in [0, 0.1) is 23.2 Å². The van der Waals surface area contributed by atoms with Crippen LogP contribution in [0.25, 0.3) is 0 Å². The Morgan fingerprint density at radius 1 is 1.36 bits per heavy atom. The summed E-state index contributed by atoms with van der Waals surface area (Å²) in [5, 5.41) is 8.66. The average molecular weight is 263 g/mol. The molecule has 0 aromatic rings. The van der Waals surface area contributed by atoms with E-state index in [1.54, 1.807) is 0 Å². The lowest BCUT2D eigenvalue weighted by atomic mass is 9.81. The Labute approximate surface area is 82.3 Å². The molecular formula is C9H14IN. The molecule has 62 valence electrons. The molecular weight excluding hydrogens is 249 g/mol. The van der Waals surface area contributed by atoms with Gasteiger partial charge in [-0.05, 0) is 31.6 Å². The number of rotatable bonds is 1. The van der Waals surface area contributed by atoms with E-state index in [-0.39, 0.29) is 0 Å². The monoisotopic (exact) mass is 263 g/mol. The van der Waals surface area contributed by atoms with E-state index in [0.717, 1.165) is 22.7 Å². The molecule has 2 heteroatoms. The van der Waals surface area contributed by atoms with Gasteiger partial charge in [0, 0.05) is 9.84 Å². The number of halogens is 1. The van der Waals surface area contributed by atoms with Crippen LogP contribution >= 0.6 is 22.6 Å². The minimum Gasteiger partial charge on any atom is -0.198 e. The summed E-state index contributed by atoms with van der Waals surface area (Å²) >= 11 is 2.50. The molecule has 1 fully saturated rings. The van der Waals surface area contributed by atoms with Crippen LogP contribution in [0.2, 0.25) is 0 Å². The molecule has 0 aromatic heterocycles. The fourth-order valence-corrected chi connectivity index (χ4v) is 2.43. The lowest BCUT2D eigenvalue weighted by molar-refractivity contribution is 0.319. The summed E-state index contributed by atoms with van der Waals surface area (Å²) in [4.78, 5) is 0. The molecule has 0 amide bonds. The van der Waals surface area contributed by atoms with E-state index in [9.17, 15) is 0 Å². The summed E-state index contributed by atoms with van der Waals surface area (Å²) in [5.41, 5.74) is 0. The standard InChI is InChI=1S/C9H14IN/c1-7(10)9-4-2-8(6-11)3-5-9/h7-9H,2-5H2,1H3. The van der Waals surface area contributed by atoms with Crippen molar-refractivity contribution in [1.29, 1.82) is 5.26 Å². The predicted octanol–water partition coefficient (Wildman–Crippen LogP) is 3.14. The van der Waals surface area contributed by atoms with Crippen LogP contribution in [0.3, 0.4) is 0 Å². The smallest absolute Gasteiger partial charge is 0.0655 e. The van der Waals surface area contributed by atoms with Crippen LogP contribution in [0.4, 0.5) is 0 Å². The molecule has 11 heavy (non-hydrogen) atoms. The molecule has 0 heterocycles. The maximum atomic E-state index is 8.66. The SMILES string of the molecule is CC(I)C1CCC(C#N)CC1. The zero-order chi connectivity index (χ0) is 8.27. The van der Waals surface area contributed by atoms with Crippen molar-refractivity contribution in [2.45, 2.75) is 36.5 Å². The molecule has 0 saturated heterocycles. The number of nitrogens with zero attached hydrogens (tertiary/aromatic N) is 1. The third kappa shape index (κ3) is 2.62. The third-order valence-electron chi connectivity index (χ3n) is 2.60. The van der Waals surface area contributed by atoms with E-state index in [4.69, 9.17) is 5.26 Å². The van der Waals surface area contributed by atoms with Crippen molar-refractivity contribution in [2.75, 3.05) is 0 Å². The summed E-state index contributed by atoms with van der Waals surface area (Å²) in [5.74, 6) is 1.24. The summed E-state index contributed by atoms with van der Waals surface area (Å²) in [6, 6.07) is 2.36. The first-order valence-electron chi connectivity index (χ1n) is 4.27. The van der Waals surface area contributed by atoms with Crippen molar-refractivity contribution in [1.82, 2.24) is 0 Å². The van der Waals surface area contributed by atoms with Crippen molar-refractivity contribution >= 4 is 22.6 Å². The highest BCUT2D eigenvalue weighted by Crippen LogP contribution is 2.32. The lowest BCUT2D eigenvalue weighted by Gasteiger charge is -2.26. The molecule has 1 nitrogen and oxygen atoms in total. The van der Waals surface area contributed by atoms with Gasteiger partial charge in [0.1, 0.15) is 0 Å². The third-order valence-corrected chi connectivity index (χ3v) is 3.62. The zero-order valence-corrected chi connectivity index (χ0v) is 9.04. The van der Waals surface area contributed by atoms with E-state index >= 15 is 0 Å². The van der Waals surface area contributed by atoms with Gasteiger partial charge in [-0.25, -0.2) is 0 Å². The van der Waals surface area contributed by atoms with Crippen molar-refractivity contribution in [2.24, 2.45) is 11.8 Å². The largest absolute Gasteiger partial charge is 0.198 e. The maximum absolute atomic E-state index is 8.66. The van der Waals surface area contributed by atoms with Gasteiger partial charge in [-0.1, -0.05) is 29.5 Å². The minimum absolute atomic E-state index is 0.362. The van der Waals surface area contributed by atoms with Crippen LogP contribution < -0.4 is 0 Å². The summed E-state index contributed by atoms with van der Waals surface area (Å²) in [6.45, 7) is 2.28. The molecule has 0 bridgehead atoms. The lowest BCUT2D eigenvalue weighted by Crippen LogP contribution is -2.18. The Bertz CT molecular complexity index is 151. The zero-order valence-electron chi connectivity index (χ0n) is 6.89. The Hall–Kier alpha value is 0.220. The highest BCUT2D eigenvalue weighted by Gasteiger charge is 2.23. The highest BCUT2D eigenvalue weighted by atomic mass is 127. The van der Waals surface area contributed by atoms with Crippen molar-refractivity contribution in [3.63, 3.8) is 0 Å². The van der Waals surface area contributed by atoms with Gasteiger partial charge < -0.3 is 0 Å². The predicted molar refractivity (Wildman–Crippen MR) is 54.5 cm³/mol. The molecule has 1 aliphatic rings. The van der Waals surface area contributed by atoms with Crippen LogP contribution in [0.1, 0.15) is 32.6 Å². The van der Waals surface area contributed by atoms with Gasteiger partial charge in [-0.3, -0.25) is 0 Å². The van der Waals surface area contributed by atoms with E-state index in [1.807, 2.05) is 0 Å². The molecule has 1 saturated carbocycles. The summed E-state index contributed by atoms with van der Waals surface area (Å²) in [7, 11) is 0. The molecule has 0 aliphatic heterocycles. The van der Waals surface area contributed by atoms with Crippen molar-refractivity contribution in [3.05, 3.63) is 0 Å². The summed E-state index contributed by atoms with van der Waals surface area (Å²) < 4.78 is 0.784. The molecule has 1 aliphatic carbocycles. The number of hydrogen-bond acceptors (Lipinski definition) is 1. The molecule has 0 aromatic carbocycles. The maximum Gasteiger partial charge on any atom is 0.0655 e. The van der Waals surface area contributed by atoms with Gasteiger partial charge >= 0.3 is 0 Å². The highest BCUT2D eigenvalue weighted by molar-refractivity contribution is 14.1. The first-order chi connectivity index (χ1) is 5.24. The van der Waals surface area contributed by atoms with Gasteiger partial charge in [-0.2, -0.15) is 5.26 Å². The second-order valence-corrected chi connectivity index (χ2v) is 5.38. The second-order valence-electron chi connectivity index (χ2n) is 3.42. The van der Waals surface area contributed by atoms with Crippen LogP contribution in [0.5, 0.6) is 0 Å². The van der Waals surface area contributed by atoms with E-state index in [0.29, 0.717) is 5.92 Å². The topological polar surface area (TPSA) is 23.8 Å². The van der Waals surface area contributed by atoms with Gasteiger partial charge in [0.2, 0.25) is 0 Å². The molecule has 1 rings (SSSR count). The van der Waals surface area contributed by atoms with Gasteiger partial charge in [0.25, 0.3) is 0 Å². The Morgan fingerprint density at radius 2 is 1.91 bits per heavy atom. The normalized spacial score (nSPS) is 34.3. The Kier molecular flexibility index (Phi) is 3.64. The molecule has 1 unspecified atom stereocenters. The Morgan fingerprint density at radius 3 is 2.27 bits per heavy atom. The van der Waals surface area contributed by atoms with Gasteiger partial charge in [0.15, 0.2) is 0 Å². The minimum atomic E-state index is 0.362. The van der Waals surface area contributed by atoms with Crippen molar-refractivity contribution < 1.29 is 0 Å². The second kappa shape index (κ2) is 4.30. The number of nitriles is 1. The fraction of sp³-hybridized carbons (Fsp3) is 0.889. The van der Waals surface area contributed by atoms with Crippen molar-refractivity contribution in [3.8, 4) is 6.07 Å². The van der Waals surface area contributed by atoms with Gasteiger partial charge in [0.05, 0.1) is 6.07 Å². The Balaban J connectivity index is 2.31. The fourth-order valence-electron chi connectivity index (χ4n) is 1.71. The molecule has 1 atom stereocenters. The summed E-state index contributed by atoms with van der Waals surface area (Å²) in [6.07, 6.45) is 4.80. The van der Waals surface area contributed by atoms with Gasteiger partial charge in [-0.15, -0.1) is 0 Å². The molecule has 0 radical (unpaired) electrons. The number of alkyl halides is 1. The van der Waals surface area contributed by atoms with Crippen LogP contribution in [0.15, 0.2) is 0 Å². The first-order valence-corrected chi connectivity index (χ1v) is 5.52. The van der Waals surface area contributed by atoms with E-state index in [2.05, 4.69) is 35.6 Å². The van der Waals surface area contributed by atoms with E-state index in [1.165, 1.54) is 12.8 Å². The first kappa shape index (κ1) is 9.31. The van der Waals surface area contributed by atoms with Crippen LogP contribution in [-0.2, 0) is 0 Å². The number of hydrogen-bond donors (Lipinski definition) is 0. The molecule has 0 N–H and O–H groups in total. The van der Waals surface area contributed by atoms with E-state index < -0.39 is 0 Å². The van der Waals surface area contributed by atoms with Crippen LogP contribution in [-0.4, -0.2) is 3.92 Å².